The first kappa shape index (κ1) is 22.0. The SMILES string of the molecule is COC(=O)c1cccc(NC(=O)CN(c2ccccc2)S(=O)(=O)c2ccc(C)cc2)c1. The molecule has 0 radical (unpaired) electrons. The Hall–Kier alpha value is -3.65. The van der Waals surface area contributed by atoms with E-state index in [2.05, 4.69) is 10.1 Å². The molecule has 0 aliphatic carbocycles. The van der Waals surface area contributed by atoms with Gasteiger partial charge in [-0.05, 0) is 49.4 Å². The Morgan fingerprint density at radius 2 is 1.61 bits per heavy atom. The number of nitrogens with zero attached hydrogens (tertiary/aromatic N) is 1. The number of rotatable bonds is 7. The van der Waals surface area contributed by atoms with E-state index in [1.54, 1.807) is 60.7 Å². The fraction of sp³-hybridized carbons (Fsp3) is 0.130. The summed E-state index contributed by atoms with van der Waals surface area (Å²) in [5.41, 5.74) is 1.91. The number of ether oxygens (including phenoxy) is 1. The number of carbonyl (C=O) groups excluding carboxylic acids is 2. The molecular weight excluding hydrogens is 416 g/mol. The number of hydrogen-bond acceptors (Lipinski definition) is 5. The first-order chi connectivity index (χ1) is 14.8. The van der Waals surface area contributed by atoms with Crippen LogP contribution in [0, 0.1) is 6.92 Å². The van der Waals surface area contributed by atoms with Gasteiger partial charge in [0, 0.05) is 5.69 Å². The van der Waals surface area contributed by atoms with E-state index in [1.165, 1.54) is 25.3 Å². The summed E-state index contributed by atoms with van der Waals surface area (Å²) in [7, 11) is -2.72. The highest BCUT2D eigenvalue weighted by atomic mass is 32.2. The number of methoxy groups -OCH3 is 1. The molecule has 160 valence electrons. The predicted molar refractivity (Wildman–Crippen MR) is 119 cm³/mol. The van der Waals surface area contributed by atoms with Gasteiger partial charge in [-0.25, -0.2) is 13.2 Å². The van der Waals surface area contributed by atoms with E-state index in [1.807, 2.05) is 6.92 Å². The Labute approximate surface area is 181 Å². The minimum atomic E-state index is -3.99. The molecule has 3 rings (SSSR count). The summed E-state index contributed by atoms with van der Waals surface area (Å²) in [6.07, 6.45) is 0. The number of anilines is 2. The Bertz CT molecular complexity index is 1180. The van der Waals surface area contributed by atoms with E-state index >= 15 is 0 Å². The molecule has 1 N–H and O–H groups in total. The molecule has 0 saturated carbocycles. The van der Waals surface area contributed by atoms with Crippen LogP contribution in [0.2, 0.25) is 0 Å². The molecule has 0 spiro atoms. The Morgan fingerprint density at radius 1 is 0.935 bits per heavy atom. The van der Waals surface area contributed by atoms with Gasteiger partial charge in [-0.15, -0.1) is 0 Å². The molecule has 0 heterocycles. The van der Waals surface area contributed by atoms with Crippen LogP contribution in [0.15, 0.2) is 83.8 Å². The van der Waals surface area contributed by atoms with Crippen LogP contribution in [0.1, 0.15) is 15.9 Å². The third-order valence-electron chi connectivity index (χ3n) is 4.51. The standard InChI is InChI=1S/C23H22N2O5S/c1-17-11-13-21(14-12-17)31(28,29)25(20-9-4-3-5-10-20)16-22(26)24-19-8-6-7-18(15-19)23(27)30-2/h3-15H,16H2,1-2H3,(H,24,26). The van der Waals surface area contributed by atoms with Crippen LogP contribution in [0.25, 0.3) is 0 Å². The summed E-state index contributed by atoms with van der Waals surface area (Å²) in [4.78, 5) is 24.5. The smallest absolute Gasteiger partial charge is 0.337 e. The zero-order valence-corrected chi connectivity index (χ0v) is 17.9. The molecule has 0 aliphatic heterocycles. The highest BCUT2D eigenvalue weighted by molar-refractivity contribution is 7.92. The van der Waals surface area contributed by atoms with Crippen LogP contribution >= 0.6 is 0 Å². The topological polar surface area (TPSA) is 92.8 Å². The molecule has 7 nitrogen and oxygen atoms in total. The molecule has 31 heavy (non-hydrogen) atoms. The maximum absolute atomic E-state index is 13.3. The normalized spacial score (nSPS) is 10.9. The summed E-state index contributed by atoms with van der Waals surface area (Å²) < 4.78 is 32.3. The number of amides is 1. The van der Waals surface area contributed by atoms with E-state index in [0.29, 0.717) is 11.4 Å². The van der Waals surface area contributed by atoms with Gasteiger partial charge in [0.1, 0.15) is 6.54 Å². The number of hydrogen-bond donors (Lipinski definition) is 1. The number of aryl methyl sites for hydroxylation is 1. The van der Waals surface area contributed by atoms with Crippen LogP contribution in [0.3, 0.4) is 0 Å². The molecule has 3 aromatic carbocycles. The quantitative estimate of drug-likeness (QED) is 0.569. The fourth-order valence-corrected chi connectivity index (χ4v) is 4.34. The van der Waals surface area contributed by atoms with Gasteiger partial charge in [0.25, 0.3) is 10.0 Å². The summed E-state index contributed by atoms with van der Waals surface area (Å²) in [5.74, 6) is -1.09. The van der Waals surface area contributed by atoms with E-state index in [0.717, 1.165) is 9.87 Å². The molecule has 3 aromatic rings. The third-order valence-corrected chi connectivity index (χ3v) is 6.30. The maximum Gasteiger partial charge on any atom is 0.337 e. The maximum atomic E-state index is 13.3. The van der Waals surface area contributed by atoms with Crippen molar-refractivity contribution in [2.75, 3.05) is 23.3 Å². The lowest BCUT2D eigenvalue weighted by atomic mass is 10.2. The second kappa shape index (κ2) is 9.44. The summed E-state index contributed by atoms with van der Waals surface area (Å²) in [6.45, 7) is 1.42. The fourth-order valence-electron chi connectivity index (χ4n) is 2.92. The van der Waals surface area contributed by atoms with E-state index < -0.39 is 28.4 Å². The Balaban J connectivity index is 1.88. The lowest BCUT2D eigenvalue weighted by molar-refractivity contribution is -0.114. The van der Waals surface area contributed by atoms with Crippen LogP contribution in [-0.4, -0.2) is 33.9 Å². The van der Waals surface area contributed by atoms with Crippen molar-refractivity contribution in [3.63, 3.8) is 0 Å². The molecule has 0 aromatic heterocycles. The van der Waals surface area contributed by atoms with Crippen molar-refractivity contribution in [2.45, 2.75) is 11.8 Å². The van der Waals surface area contributed by atoms with Crippen molar-refractivity contribution in [2.24, 2.45) is 0 Å². The highest BCUT2D eigenvalue weighted by Crippen LogP contribution is 2.24. The minimum absolute atomic E-state index is 0.0856. The average Bonchev–Trinajstić information content (AvgIpc) is 2.78. The summed E-state index contributed by atoms with van der Waals surface area (Å²) >= 11 is 0. The molecular formula is C23H22N2O5S. The molecule has 0 fully saturated rings. The van der Waals surface area contributed by atoms with E-state index in [-0.39, 0.29) is 10.5 Å². The van der Waals surface area contributed by atoms with Crippen LogP contribution in [0.4, 0.5) is 11.4 Å². The van der Waals surface area contributed by atoms with Gasteiger partial charge in [-0.1, -0.05) is 42.0 Å². The van der Waals surface area contributed by atoms with E-state index in [9.17, 15) is 18.0 Å². The van der Waals surface area contributed by atoms with E-state index in [4.69, 9.17) is 0 Å². The van der Waals surface area contributed by atoms with Gasteiger partial charge in [0.15, 0.2) is 0 Å². The number of nitrogens with one attached hydrogen (secondary N) is 1. The molecule has 0 aliphatic rings. The zero-order valence-electron chi connectivity index (χ0n) is 17.1. The lowest BCUT2D eigenvalue weighted by Crippen LogP contribution is -2.38. The number of benzene rings is 3. The summed E-state index contributed by atoms with van der Waals surface area (Å²) in [6, 6.07) is 21.1. The highest BCUT2D eigenvalue weighted by Gasteiger charge is 2.27. The molecule has 0 atom stereocenters. The Morgan fingerprint density at radius 3 is 2.26 bits per heavy atom. The lowest BCUT2D eigenvalue weighted by Gasteiger charge is -2.24. The molecule has 8 heteroatoms. The van der Waals surface area contributed by atoms with Crippen molar-refractivity contribution < 1.29 is 22.7 Å². The monoisotopic (exact) mass is 438 g/mol. The van der Waals surface area contributed by atoms with Crippen LogP contribution < -0.4 is 9.62 Å². The minimum Gasteiger partial charge on any atom is -0.465 e. The summed E-state index contributed by atoms with van der Waals surface area (Å²) in [5, 5.41) is 2.64. The number of esters is 1. The number of carbonyl (C=O) groups is 2. The van der Waals surface area contributed by atoms with Crippen LogP contribution in [-0.2, 0) is 19.6 Å². The molecule has 0 bridgehead atoms. The van der Waals surface area contributed by atoms with Crippen molar-refractivity contribution in [3.8, 4) is 0 Å². The van der Waals surface area contributed by atoms with Crippen molar-refractivity contribution in [1.29, 1.82) is 0 Å². The second-order valence-corrected chi connectivity index (χ2v) is 8.64. The van der Waals surface area contributed by atoms with Crippen LogP contribution in [0.5, 0.6) is 0 Å². The van der Waals surface area contributed by atoms with Crippen molar-refractivity contribution in [1.82, 2.24) is 0 Å². The third kappa shape index (κ3) is 5.29. The van der Waals surface area contributed by atoms with Gasteiger partial charge in [-0.3, -0.25) is 9.10 Å². The second-order valence-electron chi connectivity index (χ2n) is 6.78. The molecule has 0 saturated heterocycles. The largest absolute Gasteiger partial charge is 0.465 e. The first-order valence-corrected chi connectivity index (χ1v) is 10.9. The Kier molecular flexibility index (Phi) is 6.71. The van der Waals surface area contributed by atoms with Gasteiger partial charge < -0.3 is 10.1 Å². The van der Waals surface area contributed by atoms with Gasteiger partial charge in [-0.2, -0.15) is 0 Å². The van der Waals surface area contributed by atoms with Crippen molar-refractivity contribution in [3.05, 3.63) is 90.0 Å². The van der Waals surface area contributed by atoms with Gasteiger partial charge >= 0.3 is 5.97 Å². The molecule has 0 unspecified atom stereocenters. The predicted octanol–water partition coefficient (Wildman–Crippen LogP) is 3.62. The average molecular weight is 439 g/mol. The first-order valence-electron chi connectivity index (χ1n) is 9.44. The number of para-hydroxylation sites is 1. The van der Waals surface area contributed by atoms with Gasteiger partial charge in [0.05, 0.1) is 23.3 Å². The van der Waals surface area contributed by atoms with Crippen molar-refractivity contribution >= 4 is 33.3 Å². The zero-order chi connectivity index (χ0) is 22.4. The molecule has 1 amide bonds. The van der Waals surface area contributed by atoms with Gasteiger partial charge in [0.2, 0.25) is 5.91 Å². The number of sulfonamides is 1.